The van der Waals surface area contributed by atoms with Crippen molar-refractivity contribution in [3.8, 4) is 0 Å². The molecule has 0 saturated heterocycles. The predicted molar refractivity (Wildman–Crippen MR) is 166 cm³/mol. The number of unbranched alkanes of at least 4 members (excludes halogenated alkanes) is 5. The number of carbonyl (C=O) groups excluding carboxylic acids is 2. The molecule has 0 aromatic rings. The molecule has 0 aliphatic rings. The Labute approximate surface area is 243 Å². The SMILES string of the molecule is CC/C=C\C/C=C\C/C=C\C/C=C\C/C=C\CCCC(=O)OC(CCCCC)CCCCCC(=O)NCC(=O)O. The standard InChI is InChI=1S/C34H55NO5/c1-3-5-7-8-9-10-11-12-13-14-15-16-17-18-19-20-25-29-34(39)40-31(26-22-6-4-2)27-23-21-24-28-32(36)35-30-33(37)38/h5,7,9-10,12-13,15-16,18-19,31H,3-4,6,8,11,14,17,20-30H2,1-2H3,(H,35,36)(H,37,38)/b7-5-,10-9-,13-12-,16-15-,19-18-. The topological polar surface area (TPSA) is 92.7 Å². The molecule has 1 unspecified atom stereocenters. The van der Waals surface area contributed by atoms with Gasteiger partial charge in [-0.3, -0.25) is 14.4 Å². The molecule has 0 spiro atoms. The molecule has 1 atom stereocenters. The summed E-state index contributed by atoms with van der Waals surface area (Å²) in [7, 11) is 0. The van der Waals surface area contributed by atoms with Crippen LogP contribution in [0.1, 0.15) is 123 Å². The number of ether oxygens (including phenoxy) is 1. The summed E-state index contributed by atoms with van der Waals surface area (Å²) in [5.41, 5.74) is 0. The maximum atomic E-state index is 12.4. The summed E-state index contributed by atoms with van der Waals surface area (Å²) in [4.78, 5) is 34.5. The van der Waals surface area contributed by atoms with E-state index in [1.54, 1.807) is 0 Å². The molecule has 0 aromatic heterocycles. The Bertz CT molecular complexity index is 794. The van der Waals surface area contributed by atoms with E-state index in [1.165, 1.54) is 0 Å². The number of hydrogen-bond acceptors (Lipinski definition) is 4. The number of hydrogen-bond donors (Lipinski definition) is 2. The fourth-order valence-corrected chi connectivity index (χ4v) is 3.96. The second-order valence-corrected chi connectivity index (χ2v) is 9.98. The average molecular weight is 558 g/mol. The quantitative estimate of drug-likeness (QED) is 0.0631. The molecule has 2 N–H and O–H groups in total. The van der Waals surface area contributed by atoms with E-state index in [0.717, 1.165) is 89.9 Å². The lowest BCUT2D eigenvalue weighted by atomic mass is 10.0. The number of amides is 1. The molecule has 0 aliphatic heterocycles. The molecular weight excluding hydrogens is 502 g/mol. The van der Waals surface area contributed by atoms with Gasteiger partial charge in [0.15, 0.2) is 0 Å². The highest BCUT2D eigenvalue weighted by Gasteiger charge is 2.14. The molecule has 0 fully saturated rings. The van der Waals surface area contributed by atoms with Crippen LogP contribution in [0.4, 0.5) is 0 Å². The average Bonchev–Trinajstić information content (AvgIpc) is 2.93. The highest BCUT2D eigenvalue weighted by molar-refractivity contribution is 5.80. The van der Waals surface area contributed by atoms with E-state index in [2.05, 4.69) is 79.9 Å². The van der Waals surface area contributed by atoms with Crippen LogP contribution < -0.4 is 5.32 Å². The summed E-state index contributed by atoms with van der Waals surface area (Å²) < 4.78 is 5.79. The molecule has 6 nitrogen and oxygen atoms in total. The fourth-order valence-electron chi connectivity index (χ4n) is 3.96. The van der Waals surface area contributed by atoms with Crippen LogP contribution in [0.5, 0.6) is 0 Å². The zero-order chi connectivity index (χ0) is 29.5. The van der Waals surface area contributed by atoms with E-state index < -0.39 is 5.97 Å². The maximum Gasteiger partial charge on any atom is 0.322 e. The van der Waals surface area contributed by atoms with Crippen molar-refractivity contribution < 1.29 is 24.2 Å². The van der Waals surface area contributed by atoms with Gasteiger partial charge in [-0.1, -0.05) is 93.9 Å². The fraction of sp³-hybridized carbons (Fsp3) is 0.618. The van der Waals surface area contributed by atoms with Gasteiger partial charge in [0.25, 0.3) is 0 Å². The van der Waals surface area contributed by atoms with Gasteiger partial charge in [-0.15, -0.1) is 0 Å². The Morgan fingerprint density at radius 3 is 1.77 bits per heavy atom. The van der Waals surface area contributed by atoms with E-state index in [9.17, 15) is 14.4 Å². The monoisotopic (exact) mass is 557 g/mol. The molecule has 0 rings (SSSR count). The van der Waals surface area contributed by atoms with Crippen LogP contribution in [0.15, 0.2) is 60.8 Å². The molecule has 1 amide bonds. The number of esters is 1. The molecule has 40 heavy (non-hydrogen) atoms. The van der Waals surface area contributed by atoms with Crippen molar-refractivity contribution in [2.45, 2.75) is 129 Å². The van der Waals surface area contributed by atoms with Crippen molar-refractivity contribution in [2.24, 2.45) is 0 Å². The van der Waals surface area contributed by atoms with E-state index in [4.69, 9.17) is 9.84 Å². The number of carboxylic acids is 1. The van der Waals surface area contributed by atoms with Gasteiger partial charge in [0.2, 0.25) is 5.91 Å². The van der Waals surface area contributed by atoms with E-state index in [0.29, 0.717) is 19.3 Å². The van der Waals surface area contributed by atoms with Gasteiger partial charge < -0.3 is 15.2 Å². The van der Waals surface area contributed by atoms with Crippen LogP contribution >= 0.6 is 0 Å². The summed E-state index contributed by atoms with van der Waals surface area (Å²) >= 11 is 0. The molecule has 0 radical (unpaired) electrons. The lowest BCUT2D eigenvalue weighted by Crippen LogP contribution is -2.28. The van der Waals surface area contributed by atoms with Gasteiger partial charge in [-0.05, 0) is 77.0 Å². The Morgan fingerprint density at radius 1 is 0.675 bits per heavy atom. The van der Waals surface area contributed by atoms with Crippen LogP contribution in [-0.2, 0) is 19.1 Å². The van der Waals surface area contributed by atoms with Gasteiger partial charge in [-0.25, -0.2) is 0 Å². The van der Waals surface area contributed by atoms with E-state index in [-0.39, 0.29) is 24.5 Å². The van der Waals surface area contributed by atoms with Crippen molar-refractivity contribution in [3.63, 3.8) is 0 Å². The largest absolute Gasteiger partial charge is 0.480 e. The second kappa shape index (κ2) is 29.1. The first-order chi connectivity index (χ1) is 19.5. The summed E-state index contributed by atoms with van der Waals surface area (Å²) in [5, 5.41) is 11.0. The first kappa shape index (κ1) is 37.1. The van der Waals surface area contributed by atoms with Crippen LogP contribution in [0.25, 0.3) is 0 Å². The first-order valence-electron chi connectivity index (χ1n) is 15.4. The summed E-state index contributed by atoms with van der Waals surface area (Å²) in [6.07, 6.45) is 36.5. The highest BCUT2D eigenvalue weighted by Crippen LogP contribution is 2.16. The Hall–Kier alpha value is -2.89. The third-order valence-electron chi connectivity index (χ3n) is 6.20. The van der Waals surface area contributed by atoms with Crippen LogP contribution in [0.3, 0.4) is 0 Å². The van der Waals surface area contributed by atoms with Gasteiger partial charge >= 0.3 is 11.9 Å². The minimum absolute atomic E-state index is 0.0615. The lowest BCUT2D eigenvalue weighted by molar-refractivity contribution is -0.150. The summed E-state index contributed by atoms with van der Waals surface area (Å²) in [6.45, 7) is 3.96. The Morgan fingerprint density at radius 2 is 1.23 bits per heavy atom. The predicted octanol–water partition coefficient (Wildman–Crippen LogP) is 8.55. The van der Waals surface area contributed by atoms with Crippen molar-refractivity contribution in [2.75, 3.05) is 6.54 Å². The molecule has 0 heterocycles. The second-order valence-electron chi connectivity index (χ2n) is 9.98. The molecule has 6 heteroatoms. The third-order valence-corrected chi connectivity index (χ3v) is 6.20. The highest BCUT2D eigenvalue weighted by atomic mass is 16.5. The van der Waals surface area contributed by atoms with Gasteiger partial charge in [0.1, 0.15) is 12.6 Å². The Kier molecular flexibility index (Phi) is 27.0. The first-order valence-corrected chi connectivity index (χ1v) is 15.4. The van der Waals surface area contributed by atoms with Crippen molar-refractivity contribution in [1.82, 2.24) is 5.32 Å². The normalized spacial score (nSPS) is 12.8. The molecule has 0 aliphatic carbocycles. The zero-order valence-electron chi connectivity index (χ0n) is 25.2. The lowest BCUT2D eigenvalue weighted by Gasteiger charge is -2.18. The maximum absolute atomic E-state index is 12.4. The molecule has 226 valence electrons. The molecular formula is C34H55NO5. The number of allylic oxidation sites excluding steroid dienone is 10. The minimum Gasteiger partial charge on any atom is -0.480 e. The minimum atomic E-state index is -1.04. The van der Waals surface area contributed by atoms with Crippen LogP contribution in [-0.4, -0.2) is 35.6 Å². The number of carbonyl (C=O) groups is 3. The number of aliphatic carboxylic acids is 1. The zero-order valence-corrected chi connectivity index (χ0v) is 25.2. The van der Waals surface area contributed by atoms with Crippen LogP contribution in [0, 0.1) is 0 Å². The number of rotatable bonds is 26. The van der Waals surface area contributed by atoms with Gasteiger partial charge in [-0.2, -0.15) is 0 Å². The number of carboxylic acid groups (broad SMARTS) is 1. The molecule has 0 bridgehead atoms. The van der Waals surface area contributed by atoms with E-state index in [1.807, 2.05) is 0 Å². The molecule has 0 aromatic carbocycles. The van der Waals surface area contributed by atoms with Crippen molar-refractivity contribution in [3.05, 3.63) is 60.8 Å². The van der Waals surface area contributed by atoms with Gasteiger partial charge in [0, 0.05) is 12.8 Å². The third kappa shape index (κ3) is 28.1. The van der Waals surface area contributed by atoms with Crippen molar-refractivity contribution >= 4 is 17.8 Å². The number of nitrogens with one attached hydrogen (secondary N) is 1. The van der Waals surface area contributed by atoms with Crippen molar-refractivity contribution in [1.29, 1.82) is 0 Å². The van der Waals surface area contributed by atoms with E-state index >= 15 is 0 Å². The molecule has 0 saturated carbocycles. The van der Waals surface area contributed by atoms with Gasteiger partial charge in [0.05, 0.1) is 0 Å². The van der Waals surface area contributed by atoms with Crippen LogP contribution in [0.2, 0.25) is 0 Å². The summed E-state index contributed by atoms with van der Waals surface area (Å²) in [5.74, 6) is -1.40. The Balaban J connectivity index is 4.02. The smallest absolute Gasteiger partial charge is 0.322 e. The summed E-state index contributed by atoms with van der Waals surface area (Å²) in [6, 6.07) is 0.